The SMILES string of the molecule is CC\C=C/C=C/C=C/C=C\C=C\C=C\CCCCCC(=O)OC1C(OCC(NC(=O)C(O)CCCCCCCC/C=C/C/C=C/CC)C(O)/C=C/CCCCCCCCCCC)OC(CO)C(O)C1O. The molecule has 1 rings (SSSR count). The molecule has 0 aromatic heterocycles. The monoisotopic (exact) mass is 980 g/mol. The number of aliphatic hydroxyl groups excluding tert-OH is 5. The Balaban J connectivity index is 2.79. The van der Waals surface area contributed by atoms with Gasteiger partial charge in [0.05, 0.1) is 25.4 Å². The van der Waals surface area contributed by atoms with Crippen molar-refractivity contribution in [2.24, 2.45) is 0 Å². The number of carbonyl (C=O) groups excluding carboxylic acids is 2. The summed E-state index contributed by atoms with van der Waals surface area (Å²) in [5.41, 5.74) is 0. The minimum absolute atomic E-state index is 0.0650. The number of hydrogen-bond acceptors (Lipinski definition) is 10. The molecule has 0 saturated carbocycles. The number of nitrogens with one attached hydrogen (secondary N) is 1. The molecule has 6 N–H and O–H groups in total. The Morgan fingerprint density at radius 3 is 1.70 bits per heavy atom. The number of rotatable bonds is 43. The molecule has 1 amide bonds. The Kier molecular flexibility index (Phi) is 42.6. The summed E-state index contributed by atoms with van der Waals surface area (Å²) in [6, 6.07) is -1.04. The van der Waals surface area contributed by atoms with Crippen LogP contribution in [0.4, 0.5) is 0 Å². The molecule has 1 saturated heterocycles. The highest BCUT2D eigenvalue weighted by Crippen LogP contribution is 2.26. The summed E-state index contributed by atoms with van der Waals surface area (Å²) >= 11 is 0. The first kappa shape index (κ1) is 64.3. The maximum Gasteiger partial charge on any atom is 0.306 e. The van der Waals surface area contributed by atoms with Crippen molar-refractivity contribution in [2.45, 2.75) is 237 Å². The summed E-state index contributed by atoms with van der Waals surface area (Å²) in [5.74, 6) is -1.26. The summed E-state index contributed by atoms with van der Waals surface area (Å²) in [4.78, 5) is 26.4. The Morgan fingerprint density at radius 2 is 1.10 bits per heavy atom. The summed E-state index contributed by atoms with van der Waals surface area (Å²) in [6.07, 6.45) is 51.3. The molecule has 0 aromatic rings. The van der Waals surface area contributed by atoms with Crippen LogP contribution in [0.1, 0.15) is 188 Å². The van der Waals surface area contributed by atoms with Crippen LogP contribution in [-0.2, 0) is 23.8 Å². The molecule has 0 radical (unpaired) electrons. The number of allylic oxidation sites excluding steroid dienone is 17. The molecule has 70 heavy (non-hydrogen) atoms. The van der Waals surface area contributed by atoms with E-state index in [0.717, 1.165) is 103 Å². The van der Waals surface area contributed by atoms with Gasteiger partial charge in [0.1, 0.15) is 24.4 Å². The number of unbranched alkanes of at least 4 members (excludes halogenated alkanes) is 18. The van der Waals surface area contributed by atoms with Crippen LogP contribution in [0.2, 0.25) is 0 Å². The number of ether oxygens (including phenoxy) is 3. The highest BCUT2D eigenvalue weighted by atomic mass is 16.7. The quantitative estimate of drug-likeness (QED) is 0.0149. The number of carbonyl (C=O) groups is 2. The highest BCUT2D eigenvalue weighted by molar-refractivity contribution is 5.80. The predicted molar refractivity (Wildman–Crippen MR) is 287 cm³/mol. The molecule has 8 unspecified atom stereocenters. The molecule has 0 aromatic carbocycles. The zero-order valence-corrected chi connectivity index (χ0v) is 43.6. The average Bonchev–Trinajstić information content (AvgIpc) is 3.36. The molecule has 398 valence electrons. The highest BCUT2D eigenvalue weighted by Gasteiger charge is 2.47. The first-order chi connectivity index (χ1) is 34.2. The Morgan fingerprint density at radius 1 is 0.586 bits per heavy atom. The molecule has 1 aliphatic heterocycles. The maximum absolute atomic E-state index is 13.3. The zero-order valence-electron chi connectivity index (χ0n) is 43.6. The van der Waals surface area contributed by atoms with Crippen LogP contribution in [0.25, 0.3) is 0 Å². The van der Waals surface area contributed by atoms with E-state index >= 15 is 0 Å². The lowest BCUT2D eigenvalue weighted by Crippen LogP contribution is -2.61. The van der Waals surface area contributed by atoms with Gasteiger partial charge in [0.15, 0.2) is 12.4 Å². The summed E-state index contributed by atoms with van der Waals surface area (Å²) in [7, 11) is 0. The molecule has 8 atom stereocenters. The third-order valence-electron chi connectivity index (χ3n) is 12.1. The molecule has 11 nitrogen and oxygen atoms in total. The summed E-state index contributed by atoms with van der Waals surface area (Å²) in [5, 5.41) is 56.7. The first-order valence-corrected chi connectivity index (χ1v) is 27.2. The largest absolute Gasteiger partial charge is 0.454 e. The van der Waals surface area contributed by atoms with Gasteiger partial charge in [0.2, 0.25) is 5.91 Å². The van der Waals surface area contributed by atoms with Gasteiger partial charge in [0, 0.05) is 6.42 Å². The van der Waals surface area contributed by atoms with Crippen LogP contribution < -0.4 is 5.32 Å². The van der Waals surface area contributed by atoms with E-state index in [2.05, 4.69) is 62.5 Å². The van der Waals surface area contributed by atoms with E-state index in [9.17, 15) is 35.1 Å². The van der Waals surface area contributed by atoms with E-state index in [1.807, 2.05) is 66.8 Å². The van der Waals surface area contributed by atoms with Crippen LogP contribution >= 0.6 is 0 Å². The van der Waals surface area contributed by atoms with Gasteiger partial charge in [-0.15, -0.1) is 0 Å². The van der Waals surface area contributed by atoms with Crippen molar-refractivity contribution in [3.8, 4) is 0 Å². The van der Waals surface area contributed by atoms with Gasteiger partial charge in [-0.05, 0) is 70.6 Å². The van der Waals surface area contributed by atoms with E-state index in [-0.39, 0.29) is 19.4 Å². The zero-order chi connectivity index (χ0) is 51.1. The van der Waals surface area contributed by atoms with E-state index in [1.54, 1.807) is 6.08 Å². The third-order valence-corrected chi connectivity index (χ3v) is 12.1. The van der Waals surface area contributed by atoms with Gasteiger partial charge in [-0.3, -0.25) is 9.59 Å². The van der Waals surface area contributed by atoms with Gasteiger partial charge in [0.25, 0.3) is 0 Å². The van der Waals surface area contributed by atoms with Gasteiger partial charge >= 0.3 is 5.97 Å². The number of amides is 1. The normalized spacial score (nSPS) is 20.6. The lowest BCUT2D eigenvalue weighted by molar-refractivity contribution is -0.305. The molecule has 0 aliphatic carbocycles. The molecular weight excluding hydrogens is 883 g/mol. The van der Waals surface area contributed by atoms with Gasteiger partial charge in [-0.1, -0.05) is 220 Å². The third kappa shape index (κ3) is 34.6. The fraction of sp³-hybridized carbons (Fsp3) is 0.661. The first-order valence-electron chi connectivity index (χ1n) is 27.2. The standard InChI is InChI=1S/C59H97NO10/c1-4-7-10-13-16-19-22-24-25-26-27-29-32-35-38-41-44-47-54(64)70-57-56(66)55(65)53(48-61)69-59(57)68-49-50(51(62)45-42-39-36-33-30-21-18-15-12-9-6-3)60-58(67)52(63)46-43-40-37-34-31-28-23-20-17-14-11-8-5-2/h7-8,10-11,13,16-17,19-20,22,24-27,29,32,42,45,50-53,55-57,59,61-63,65-66H,4-6,9,12,14-15,18,21,23,28,30-31,33-41,43-44,46-49H2,1-3H3,(H,60,67)/b10-7-,11-8+,16-13+,20-17+,22-19+,25-24-,27-26+,32-29+,45-42+. The van der Waals surface area contributed by atoms with Gasteiger partial charge in [-0.25, -0.2) is 0 Å². The van der Waals surface area contributed by atoms with Crippen LogP contribution in [0, 0.1) is 0 Å². The predicted octanol–water partition coefficient (Wildman–Crippen LogP) is 11.8. The van der Waals surface area contributed by atoms with Gasteiger partial charge < -0.3 is 45.1 Å². The second-order valence-corrected chi connectivity index (χ2v) is 18.4. The van der Waals surface area contributed by atoms with Crippen molar-refractivity contribution in [1.82, 2.24) is 5.32 Å². The summed E-state index contributed by atoms with van der Waals surface area (Å²) < 4.78 is 17.5. The fourth-order valence-electron chi connectivity index (χ4n) is 7.78. The van der Waals surface area contributed by atoms with E-state index in [1.165, 1.54) is 38.5 Å². The van der Waals surface area contributed by atoms with Crippen molar-refractivity contribution in [1.29, 1.82) is 0 Å². The lowest BCUT2D eigenvalue weighted by atomic mass is 9.99. The van der Waals surface area contributed by atoms with Crippen molar-refractivity contribution in [3.63, 3.8) is 0 Å². The van der Waals surface area contributed by atoms with Crippen molar-refractivity contribution >= 4 is 11.9 Å². The number of esters is 1. The van der Waals surface area contributed by atoms with Crippen molar-refractivity contribution < 1.29 is 49.3 Å². The average molecular weight is 980 g/mol. The molecule has 1 heterocycles. The topological polar surface area (TPSA) is 175 Å². The molecule has 0 spiro atoms. The number of aliphatic hydroxyl groups is 5. The molecular formula is C59H97NO10. The molecule has 1 aliphatic rings. The molecule has 11 heteroatoms. The van der Waals surface area contributed by atoms with E-state index in [4.69, 9.17) is 14.2 Å². The van der Waals surface area contributed by atoms with Crippen molar-refractivity contribution in [3.05, 3.63) is 109 Å². The van der Waals surface area contributed by atoms with Crippen LogP contribution in [0.3, 0.4) is 0 Å². The number of hydrogen-bond donors (Lipinski definition) is 6. The second-order valence-electron chi connectivity index (χ2n) is 18.4. The second kappa shape index (κ2) is 46.4. The minimum atomic E-state index is -1.64. The Hall–Kier alpha value is -3.68. The van der Waals surface area contributed by atoms with E-state index in [0.29, 0.717) is 12.8 Å². The Labute approximate surface area is 424 Å². The van der Waals surface area contributed by atoms with Crippen molar-refractivity contribution in [2.75, 3.05) is 13.2 Å². The summed E-state index contributed by atoms with van der Waals surface area (Å²) in [6.45, 7) is 5.46. The van der Waals surface area contributed by atoms with Crippen LogP contribution in [0.15, 0.2) is 109 Å². The van der Waals surface area contributed by atoms with E-state index < -0.39 is 67.4 Å². The van der Waals surface area contributed by atoms with Crippen LogP contribution in [0.5, 0.6) is 0 Å². The van der Waals surface area contributed by atoms with Crippen LogP contribution in [-0.4, -0.2) is 99.6 Å². The fourth-order valence-corrected chi connectivity index (χ4v) is 7.78. The smallest absolute Gasteiger partial charge is 0.306 e. The minimum Gasteiger partial charge on any atom is -0.454 e. The molecule has 1 fully saturated rings. The maximum atomic E-state index is 13.3. The van der Waals surface area contributed by atoms with Gasteiger partial charge in [-0.2, -0.15) is 0 Å². The molecule has 0 bridgehead atoms. The Bertz CT molecular complexity index is 1550. The lowest BCUT2D eigenvalue weighted by Gasteiger charge is -2.41.